The summed E-state index contributed by atoms with van der Waals surface area (Å²) >= 11 is 0. The number of para-hydroxylation sites is 1. The highest BCUT2D eigenvalue weighted by Crippen LogP contribution is 2.23. The van der Waals surface area contributed by atoms with Gasteiger partial charge in [-0.25, -0.2) is 0 Å². The quantitative estimate of drug-likeness (QED) is 0.744. The van der Waals surface area contributed by atoms with E-state index in [4.69, 9.17) is 9.47 Å². The first-order valence-corrected chi connectivity index (χ1v) is 8.40. The zero-order chi connectivity index (χ0) is 18.9. The summed E-state index contributed by atoms with van der Waals surface area (Å²) in [4.78, 5) is 22.9. The summed E-state index contributed by atoms with van der Waals surface area (Å²) in [5.41, 5.74) is 0. The average molecular weight is 356 g/mol. The molecule has 6 nitrogen and oxygen atoms in total. The standard InChI is InChI=1S/C20H23NO5/c1-14(2)12-18(20(23)24)21-19(22)13-25-15-8-10-17(11-9-15)26-16-6-4-3-5-7-16/h3-11,14,18H,12-13H2,1-2H3,(H,21,22)(H,23,24)/p-1/t18-/m0/s1. The Kier molecular flexibility index (Phi) is 7.02. The Balaban J connectivity index is 1.83. The van der Waals surface area contributed by atoms with Crippen molar-refractivity contribution >= 4 is 11.9 Å². The van der Waals surface area contributed by atoms with E-state index in [0.29, 0.717) is 17.9 Å². The fourth-order valence-electron chi connectivity index (χ4n) is 2.30. The molecule has 1 amide bonds. The Morgan fingerprint density at radius 3 is 2.12 bits per heavy atom. The molecule has 0 fully saturated rings. The van der Waals surface area contributed by atoms with E-state index in [9.17, 15) is 14.7 Å². The van der Waals surface area contributed by atoms with Crippen LogP contribution < -0.4 is 19.9 Å². The number of carbonyl (C=O) groups is 2. The van der Waals surface area contributed by atoms with Gasteiger partial charge in [0.25, 0.3) is 5.91 Å². The lowest BCUT2D eigenvalue weighted by molar-refractivity contribution is -0.308. The van der Waals surface area contributed by atoms with E-state index in [1.165, 1.54) is 0 Å². The zero-order valence-corrected chi connectivity index (χ0v) is 14.8. The number of rotatable bonds is 9. The average Bonchev–Trinajstić information content (AvgIpc) is 2.61. The molecule has 2 aromatic carbocycles. The Morgan fingerprint density at radius 2 is 1.54 bits per heavy atom. The first kappa shape index (κ1) is 19.3. The van der Waals surface area contributed by atoms with Crippen LogP contribution in [-0.2, 0) is 9.59 Å². The summed E-state index contributed by atoms with van der Waals surface area (Å²) in [6.07, 6.45) is 0.305. The van der Waals surface area contributed by atoms with Crippen molar-refractivity contribution in [2.75, 3.05) is 6.61 Å². The number of ether oxygens (including phenoxy) is 2. The van der Waals surface area contributed by atoms with E-state index in [1.54, 1.807) is 24.3 Å². The van der Waals surface area contributed by atoms with Gasteiger partial charge in [0.2, 0.25) is 0 Å². The third-order valence-corrected chi connectivity index (χ3v) is 3.50. The first-order valence-electron chi connectivity index (χ1n) is 8.40. The van der Waals surface area contributed by atoms with Crippen molar-refractivity contribution in [3.63, 3.8) is 0 Å². The number of carbonyl (C=O) groups excluding carboxylic acids is 2. The second kappa shape index (κ2) is 9.46. The SMILES string of the molecule is CC(C)C[C@H](NC(=O)COc1ccc(Oc2ccccc2)cc1)C(=O)[O-]. The van der Waals surface area contributed by atoms with Crippen molar-refractivity contribution in [1.82, 2.24) is 5.32 Å². The van der Waals surface area contributed by atoms with E-state index < -0.39 is 17.9 Å². The van der Waals surface area contributed by atoms with Gasteiger partial charge in [-0.3, -0.25) is 4.79 Å². The van der Waals surface area contributed by atoms with Crippen LogP contribution in [0.1, 0.15) is 20.3 Å². The molecule has 0 aromatic heterocycles. The monoisotopic (exact) mass is 356 g/mol. The second-order valence-electron chi connectivity index (χ2n) is 6.24. The van der Waals surface area contributed by atoms with Gasteiger partial charge in [-0.15, -0.1) is 0 Å². The largest absolute Gasteiger partial charge is 0.548 e. The van der Waals surface area contributed by atoms with Crippen LogP contribution in [0.4, 0.5) is 0 Å². The highest BCUT2D eigenvalue weighted by molar-refractivity contribution is 5.83. The summed E-state index contributed by atoms with van der Waals surface area (Å²) in [7, 11) is 0. The van der Waals surface area contributed by atoms with E-state index in [2.05, 4.69) is 5.32 Å². The molecule has 0 aliphatic rings. The summed E-state index contributed by atoms with van der Waals surface area (Å²) in [5.74, 6) is 0.158. The molecule has 0 saturated carbocycles. The van der Waals surface area contributed by atoms with Gasteiger partial charge < -0.3 is 24.7 Å². The van der Waals surface area contributed by atoms with Crippen LogP contribution in [0.3, 0.4) is 0 Å². The number of nitrogens with one attached hydrogen (secondary N) is 1. The third kappa shape index (κ3) is 6.47. The zero-order valence-electron chi connectivity index (χ0n) is 14.8. The Hall–Kier alpha value is -3.02. The molecule has 0 saturated heterocycles. The maximum Gasteiger partial charge on any atom is 0.258 e. The minimum atomic E-state index is -1.30. The maximum atomic E-state index is 11.9. The van der Waals surface area contributed by atoms with Crippen LogP contribution >= 0.6 is 0 Å². The Morgan fingerprint density at radius 1 is 0.962 bits per heavy atom. The number of carboxylic acids is 1. The first-order chi connectivity index (χ1) is 12.4. The smallest absolute Gasteiger partial charge is 0.258 e. The van der Waals surface area contributed by atoms with Crippen LogP contribution in [0, 0.1) is 5.92 Å². The van der Waals surface area contributed by atoms with Crippen molar-refractivity contribution in [2.24, 2.45) is 5.92 Å². The van der Waals surface area contributed by atoms with Crippen LogP contribution in [0.25, 0.3) is 0 Å². The minimum absolute atomic E-state index is 0.122. The van der Waals surface area contributed by atoms with Gasteiger partial charge in [-0.1, -0.05) is 32.0 Å². The lowest BCUT2D eigenvalue weighted by atomic mass is 10.0. The topological polar surface area (TPSA) is 87.7 Å². The summed E-state index contributed by atoms with van der Waals surface area (Å²) in [6.45, 7) is 3.47. The molecule has 0 aliphatic carbocycles. The van der Waals surface area contributed by atoms with E-state index >= 15 is 0 Å². The van der Waals surface area contributed by atoms with Gasteiger partial charge in [-0.2, -0.15) is 0 Å². The molecule has 0 spiro atoms. The summed E-state index contributed by atoms with van der Waals surface area (Å²) in [6, 6.07) is 15.1. The summed E-state index contributed by atoms with van der Waals surface area (Å²) in [5, 5.41) is 13.5. The highest BCUT2D eigenvalue weighted by Gasteiger charge is 2.15. The molecular formula is C20H22NO5-. The predicted molar refractivity (Wildman–Crippen MR) is 94.8 cm³/mol. The molecule has 1 atom stereocenters. The van der Waals surface area contributed by atoms with Crippen molar-refractivity contribution < 1.29 is 24.2 Å². The van der Waals surface area contributed by atoms with Gasteiger partial charge in [0.05, 0.1) is 12.0 Å². The molecule has 1 N–H and O–H groups in total. The molecular weight excluding hydrogens is 334 g/mol. The lowest BCUT2D eigenvalue weighted by Gasteiger charge is -2.21. The van der Waals surface area contributed by atoms with Crippen LogP contribution in [0.5, 0.6) is 17.2 Å². The fraction of sp³-hybridized carbons (Fsp3) is 0.300. The van der Waals surface area contributed by atoms with Gasteiger partial charge in [-0.05, 0) is 48.7 Å². The second-order valence-corrected chi connectivity index (χ2v) is 6.24. The van der Waals surface area contributed by atoms with Crippen molar-refractivity contribution in [3.8, 4) is 17.2 Å². The van der Waals surface area contributed by atoms with Gasteiger partial charge in [0.1, 0.15) is 17.2 Å². The van der Waals surface area contributed by atoms with Gasteiger partial charge in [0.15, 0.2) is 6.61 Å². The molecule has 6 heteroatoms. The van der Waals surface area contributed by atoms with E-state index in [1.807, 2.05) is 44.2 Å². The number of carboxylic acid groups (broad SMARTS) is 1. The Bertz CT molecular complexity index is 713. The van der Waals surface area contributed by atoms with Crippen molar-refractivity contribution in [3.05, 3.63) is 54.6 Å². The number of hydrogen-bond donors (Lipinski definition) is 1. The molecule has 2 aromatic rings. The normalized spacial score (nSPS) is 11.7. The molecule has 138 valence electrons. The molecule has 2 rings (SSSR count). The van der Waals surface area contributed by atoms with E-state index in [0.717, 1.165) is 5.75 Å². The number of amides is 1. The van der Waals surface area contributed by atoms with Crippen LogP contribution in [-0.4, -0.2) is 24.5 Å². The highest BCUT2D eigenvalue weighted by atomic mass is 16.5. The molecule has 0 radical (unpaired) electrons. The summed E-state index contributed by atoms with van der Waals surface area (Å²) < 4.78 is 11.0. The van der Waals surface area contributed by atoms with E-state index in [-0.39, 0.29) is 12.5 Å². The fourth-order valence-corrected chi connectivity index (χ4v) is 2.30. The Labute approximate surface area is 152 Å². The van der Waals surface area contributed by atoms with Crippen LogP contribution in [0.2, 0.25) is 0 Å². The van der Waals surface area contributed by atoms with Gasteiger partial charge >= 0.3 is 0 Å². The number of aliphatic carboxylic acids is 1. The predicted octanol–water partition coefficient (Wildman–Crippen LogP) is 2.14. The molecule has 0 aliphatic heterocycles. The number of benzene rings is 2. The lowest BCUT2D eigenvalue weighted by Crippen LogP contribution is -2.49. The van der Waals surface area contributed by atoms with Crippen molar-refractivity contribution in [1.29, 1.82) is 0 Å². The molecule has 26 heavy (non-hydrogen) atoms. The minimum Gasteiger partial charge on any atom is -0.548 e. The molecule has 0 heterocycles. The third-order valence-electron chi connectivity index (χ3n) is 3.50. The van der Waals surface area contributed by atoms with Crippen molar-refractivity contribution in [2.45, 2.75) is 26.3 Å². The number of hydrogen-bond acceptors (Lipinski definition) is 5. The molecule has 0 unspecified atom stereocenters. The molecule has 0 bridgehead atoms. The van der Waals surface area contributed by atoms with Gasteiger partial charge in [0, 0.05) is 0 Å². The maximum absolute atomic E-state index is 11.9. The van der Waals surface area contributed by atoms with Crippen LogP contribution in [0.15, 0.2) is 54.6 Å².